The zero-order valence-corrected chi connectivity index (χ0v) is 18.0. The Kier molecular flexibility index (Phi) is 4.10. The van der Waals surface area contributed by atoms with Crippen LogP contribution >= 0.6 is 0 Å². The Morgan fingerprint density at radius 1 is 0.781 bits per heavy atom. The van der Waals surface area contributed by atoms with Crippen molar-refractivity contribution < 1.29 is 9.59 Å². The van der Waals surface area contributed by atoms with E-state index in [0.717, 1.165) is 23.1 Å². The number of nitrogens with one attached hydrogen (secondary N) is 1. The second kappa shape index (κ2) is 6.80. The number of piperidine rings is 2. The summed E-state index contributed by atoms with van der Waals surface area (Å²) < 4.78 is 0. The summed E-state index contributed by atoms with van der Waals surface area (Å²) in [4.78, 5) is 30.0. The van der Waals surface area contributed by atoms with Gasteiger partial charge in [0.1, 0.15) is 11.1 Å². The molecule has 160 valence electrons. The summed E-state index contributed by atoms with van der Waals surface area (Å²) in [6, 6.07) is 30.7. The lowest BCUT2D eigenvalue weighted by Gasteiger charge is -2.65. The molecule has 4 aliphatic heterocycles. The van der Waals surface area contributed by atoms with Crippen molar-refractivity contribution in [2.75, 3.05) is 6.54 Å². The number of carbonyl (C=O) groups is 2. The van der Waals surface area contributed by atoms with Gasteiger partial charge in [-0.05, 0) is 36.0 Å². The molecule has 0 radical (unpaired) electrons. The van der Waals surface area contributed by atoms with Gasteiger partial charge in [0.05, 0.1) is 5.41 Å². The molecule has 1 N–H and O–H groups in total. The maximum absolute atomic E-state index is 14.4. The zero-order chi connectivity index (χ0) is 21.8. The third-order valence-electron chi connectivity index (χ3n) is 7.98. The first-order valence-corrected chi connectivity index (χ1v) is 11.4. The summed E-state index contributed by atoms with van der Waals surface area (Å²) in [6.45, 7) is 0.655. The molecule has 4 fully saturated rings. The molecule has 2 atom stereocenters. The van der Waals surface area contributed by atoms with E-state index in [-0.39, 0.29) is 11.8 Å². The number of piperazine rings is 1. The van der Waals surface area contributed by atoms with Gasteiger partial charge in [-0.3, -0.25) is 9.59 Å². The van der Waals surface area contributed by atoms with Crippen molar-refractivity contribution >= 4 is 11.8 Å². The van der Waals surface area contributed by atoms with Crippen molar-refractivity contribution in [3.05, 3.63) is 108 Å². The van der Waals surface area contributed by atoms with Gasteiger partial charge in [-0.25, -0.2) is 0 Å². The number of hydrogen-bond donors (Lipinski definition) is 1. The standard InChI is InChI=1S/C28H26N2O2/c31-24-26-17-10-18-30(26)25(32)28(29-24,19-21-11-4-1-5-12-21)27(20-26,22-13-6-2-7-14-22)23-15-8-3-9-16-23/h1-9,11-16H,10,17-20H2,(H,29,31). The van der Waals surface area contributed by atoms with Crippen LogP contribution in [-0.2, 0) is 21.4 Å². The molecule has 32 heavy (non-hydrogen) atoms. The van der Waals surface area contributed by atoms with Gasteiger partial charge in [0.15, 0.2) is 0 Å². The molecule has 4 heterocycles. The van der Waals surface area contributed by atoms with E-state index in [0.29, 0.717) is 25.8 Å². The van der Waals surface area contributed by atoms with Crippen LogP contribution < -0.4 is 5.32 Å². The molecule has 0 saturated carbocycles. The predicted molar refractivity (Wildman–Crippen MR) is 123 cm³/mol. The van der Waals surface area contributed by atoms with Crippen LogP contribution in [-0.4, -0.2) is 34.3 Å². The zero-order valence-electron chi connectivity index (χ0n) is 18.0. The Morgan fingerprint density at radius 2 is 1.34 bits per heavy atom. The molecule has 3 aromatic rings. The molecule has 2 amide bonds. The van der Waals surface area contributed by atoms with E-state index in [1.165, 1.54) is 0 Å². The van der Waals surface area contributed by atoms with E-state index in [1.807, 2.05) is 59.5 Å². The van der Waals surface area contributed by atoms with E-state index in [1.54, 1.807) is 0 Å². The number of amides is 2. The average Bonchev–Trinajstić information content (AvgIpc) is 3.28. The van der Waals surface area contributed by atoms with Crippen molar-refractivity contribution in [1.29, 1.82) is 0 Å². The summed E-state index contributed by atoms with van der Waals surface area (Å²) in [6.07, 6.45) is 2.64. The Morgan fingerprint density at radius 3 is 1.94 bits per heavy atom. The molecule has 4 aliphatic rings. The monoisotopic (exact) mass is 422 g/mol. The molecular formula is C28H26N2O2. The Bertz CT molecular complexity index is 1140. The van der Waals surface area contributed by atoms with Crippen LogP contribution in [0.3, 0.4) is 0 Å². The highest BCUT2D eigenvalue weighted by Crippen LogP contribution is 2.59. The maximum atomic E-state index is 14.4. The minimum Gasteiger partial charge on any atom is -0.338 e. The fourth-order valence-corrected chi connectivity index (χ4v) is 6.63. The van der Waals surface area contributed by atoms with Gasteiger partial charge in [-0.1, -0.05) is 91.0 Å². The van der Waals surface area contributed by atoms with E-state index >= 15 is 0 Å². The highest BCUT2D eigenvalue weighted by Gasteiger charge is 2.75. The third-order valence-corrected chi connectivity index (χ3v) is 7.98. The molecule has 4 heteroatoms. The molecule has 7 rings (SSSR count). The molecule has 3 aromatic carbocycles. The Labute approximate surface area is 188 Å². The third kappa shape index (κ3) is 2.32. The average molecular weight is 423 g/mol. The summed E-state index contributed by atoms with van der Waals surface area (Å²) in [5, 5.41) is 3.35. The van der Waals surface area contributed by atoms with Gasteiger partial charge in [0.25, 0.3) is 5.91 Å². The number of carbonyl (C=O) groups excluding carboxylic acids is 2. The van der Waals surface area contributed by atoms with Crippen LogP contribution in [0.25, 0.3) is 0 Å². The number of hydrogen-bond acceptors (Lipinski definition) is 2. The highest BCUT2D eigenvalue weighted by atomic mass is 16.2. The number of rotatable bonds is 4. The summed E-state index contributed by atoms with van der Waals surface area (Å²) in [7, 11) is 0. The predicted octanol–water partition coefficient (Wildman–Crippen LogP) is 3.85. The normalized spacial score (nSPS) is 27.8. The SMILES string of the molecule is O=C1NC2(Cc3ccccc3)C(=O)N3CCCC13CC2(c1ccccc1)c1ccccc1. The molecular weight excluding hydrogens is 396 g/mol. The van der Waals surface area contributed by atoms with Crippen LogP contribution in [0.2, 0.25) is 0 Å². The van der Waals surface area contributed by atoms with Gasteiger partial charge in [-0.15, -0.1) is 0 Å². The highest BCUT2D eigenvalue weighted by molar-refractivity contribution is 6.07. The van der Waals surface area contributed by atoms with Crippen LogP contribution in [0.1, 0.15) is 36.0 Å². The van der Waals surface area contributed by atoms with Crippen molar-refractivity contribution in [3.8, 4) is 0 Å². The smallest absolute Gasteiger partial charge is 0.250 e. The van der Waals surface area contributed by atoms with E-state index in [2.05, 4.69) is 41.7 Å². The van der Waals surface area contributed by atoms with Crippen LogP contribution in [0.5, 0.6) is 0 Å². The first kappa shape index (κ1) is 19.3. The second-order valence-electron chi connectivity index (χ2n) is 9.43. The van der Waals surface area contributed by atoms with Gasteiger partial charge < -0.3 is 10.2 Å². The lowest BCUT2D eigenvalue weighted by Crippen LogP contribution is -2.86. The quantitative estimate of drug-likeness (QED) is 0.694. The molecule has 4 nitrogen and oxygen atoms in total. The topological polar surface area (TPSA) is 49.4 Å². The molecule has 4 saturated heterocycles. The second-order valence-corrected chi connectivity index (χ2v) is 9.43. The number of nitrogens with zero attached hydrogens (tertiary/aromatic N) is 1. The van der Waals surface area contributed by atoms with E-state index in [4.69, 9.17) is 0 Å². The minimum atomic E-state index is -1.08. The number of benzene rings is 3. The van der Waals surface area contributed by atoms with Crippen molar-refractivity contribution in [3.63, 3.8) is 0 Å². The summed E-state index contributed by atoms with van der Waals surface area (Å²) in [5.41, 5.74) is 0.701. The lowest BCUT2D eigenvalue weighted by molar-refractivity contribution is -0.175. The van der Waals surface area contributed by atoms with Crippen molar-refractivity contribution in [2.45, 2.75) is 42.2 Å². The lowest BCUT2D eigenvalue weighted by atomic mass is 9.49. The fraction of sp³-hybridized carbons (Fsp3) is 0.286. The molecule has 0 aromatic heterocycles. The fourth-order valence-electron chi connectivity index (χ4n) is 6.63. The first-order chi connectivity index (χ1) is 15.6. The van der Waals surface area contributed by atoms with Gasteiger partial charge in [0, 0.05) is 13.0 Å². The molecule has 1 spiro atoms. The first-order valence-electron chi connectivity index (χ1n) is 11.4. The summed E-state index contributed by atoms with van der Waals surface area (Å²) >= 11 is 0. The Hall–Kier alpha value is -3.40. The van der Waals surface area contributed by atoms with Gasteiger partial charge in [-0.2, -0.15) is 0 Å². The largest absolute Gasteiger partial charge is 0.338 e. The maximum Gasteiger partial charge on any atom is 0.250 e. The van der Waals surface area contributed by atoms with E-state index < -0.39 is 16.5 Å². The molecule has 2 unspecified atom stereocenters. The number of fused-ring (bicyclic) bond motifs is 2. The van der Waals surface area contributed by atoms with Gasteiger partial charge >= 0.3 is 0 Å². The van der Waals surface area contributed by atoms with Crippen molar-refractivity contribution in [2.24, 2.45) is 0 Å². The molecule has 0 aliphatic carbocycles. The van der Waals surface area contributed by atoms with Crippen LogP contribution in [0.15, 0.2) is 91.0 Å². The van der Waals surface area contributed by atoms with Crippen LogP contribution in [0.4, 0.5) is 0 Å². The molecule has 2 bridgehead atoms. The van der Waals surface area contributed by atoms with Crippen LogP contribution in [0, 0.1) is 0 Å². The van der Waals surface area contributed by atoms with E-state index in [9.17, 15) is 9.59 Å². The minimum absolute atomic E-state index is 0.00742. The van der Waals surface area contributed by atoms with Gasteiger partial charge in [0.2, 0.25) is 5.91 Å². The van der Waals surface area contributed by atoms with Crippen molar-refractivity contribution in [1.82, 2.24) is 10.2 Å². The summed E-state index contributed by atoms with van der Waals surface area (Å²) in [5.74, 6) is 0.0606. The Balaban J connectivity index is 1.68.